The quantitative estimate of drug-likeness (QED) is 0.556. The molecule has 4 nitrogen and oxygen atoms in total. The van der Waals surface area contributed by atoms with Crippen LogP contribution in [-0.4, -0.2) is 35.0 Å². The second-order valence-corrected chi connectivity index (χ2v) is 2.35. The SMILES string of the molecule is CCC(O)C(O)COC(C)=O. The Kier molecular flexibility index (Phi) is 4.81. The molecular weight excluding hydrogens is 148 g/mol. The van der Waals surface area contributed by atoms with Crippen LogP contribution in [0.15, 0.2) is 0 Å². The molecule has 2 atom stereocenters. The Morgan fingerprint density at radius 3 is 2.36 bits per heavy atom. The number of hydrogen-bond donors (Lipinski definition) is 2. The molecule has 0 radical (unpaired) electrons. The third-order valence-electron chi connectivity index (χ3n) is 1.32. The van der Waals surface area contributed by atoms with Crippen LogP contribution in [0.2, 0.25) is 0 Å². The zero-order chi connectivity index (χ0) is 8.85. The summed E-state index contributed by atoms with van der Waals surface area (Å²) in [7, 11) is 0. The molecule has 0 aromatic carbocycles. The number of esters is 1. The second kappa shape index (κ2) is 5.09. The van der Waals surface area contributed by atoms with Gasteiger partial charge in [-0.1, -0.05) is 6.92 Å². The molecule has 0 amide bonds. The molecule has 0 aliphatic heterocycles. The smallest absolute Gasteiger partial charge is 0.302 e. The van der Waals surface area contributed by atoms with Crippen LogP contribution >= 0.6 is 0 Å². The van der Waals surface area contributed by atoms with Crippen LogP contribution < -0.4 is 0 Å². The van der Waals surface area contributed by atoms with Crippen LogP contribution in [0.25, 0.3) is 0 Å². The lowest BCUT2D eigenvalue weighted by atomic mass is 10.2. The second-order valence-electron chi connectivity index (χ2n) is 2.35. The zero-order valence-corrected chi connectivity index (χ0v) is 6.78. The summed E-state index contributed by atoms with van der Waals surface area (Å²) in [6.07, 6.45) is -1.33. The molecule has 0 saturated carbocycles. The summed E-state index contributed by atoms with van der Waals surface area (Å²) in [5.41, 5.74) is 0. The number of carbonyl (C=O) groups excluding carboxylic acids is 1. The molecule has 0 aliphatic rings. The molecule has 0 aliphatic carbocycles. The monoisotopic (exact) mass is 162 g/mol. The normalized spacial score (nSPS) is 15.6. The minimum Gasteiger partial charge on any atom is -0.463 e. The number of hydrogen-bond acceptors (Lipinski definition) is 4. The lowest BCUT2D eigenvalue weighted by molar-refractivity contribution is -0.146. The van der Waals surface area contributed by atoms with Gasteiger partial charge in [-0.25, -0.2) is 0 Å². The van der Waals surface area contributed by atoms with Crippen molar-refractivity contribution < 1.29 is 19.7 Å². The minimum atomic E-state index is -0.969. The molecule has 0 bridgehead atoms. The van der Waals surface area contributed by atoms with E-state index in [-0.39, 0.29) is 6.61 Å². The van der Waals surface area contributed by atoms with Gasteiger partial charge in [0.25, 0.3) is 0 Å². The Morgan fingerprint density at radius 2 is 2.00 bits per heavy atom. The first-order valence-electron chi connectivity index (χ1n) is 3.57. The van der Waals surface area contributed by atoms with E-state index in [4.69, 9.17) is 10.2 Å². The van der Waals surface area contributed by atoms with Crippen molar-refractivity contribution in [1.82, 2.24) is 0 Å². The van der Waals surface area contributed by atoms with Gasteiger partial charge in [-0.2, -0.15) is 0 Å². The summed E-state index contributed by atoms with van der Waals surface area (Å²) in [5.74, 6) is -0.452. The van der Waals surface area contributed by atoms with Gasteiger partial charge < -0.3 is 14.9 Å². The lowest BCUT2D eigenvalue weighted by Gasteiger charge is -2.14. The van der Waals surface area contributed by atoms with Crippen molar-refractivity contribution in [2.45, 2.75) is 32.5 Å². The van der Waals surface area contributed by atoms with Gasteiger partial charge in [0, 0.05) is 6.92 Å². The maximum atomic E-state index is 10.2. The van der Waals surface area contributed by atoms with Gasteiger partial charge in [0.05, 0.1) is 6.10 Å². The molecule has 0 aromatic heterocycles. The molecule has 0 aromatic rings. The van der Waals surface area contributed by atoms with Crippen molar-refractivity contribution in [1.29, 1.82) is 0 Å². The maximum absolute atomic E-state index is 10.2. The first-order valence-corrected chi connectivity index (χ1v) is 3.57. The summed E-state index contributed by atoms with van der Waals surface area (Å²) >= 11 is 0. The van der Waals surface area contributed by atoms with E-state index in [1.807, 2.05) is 0 Å². The highest BCUT2D eigenvalue weighted by Gasteiger charge is 2.14. The predicted octanol–water partition coefficient (Wildman–Crippen LogP) is -0.319. The average molecular weight is 162 g/mol. The van der Waals surface area contributed by atoms with Gasteiger partial charge in [-0.15, -0.1) is 0 Å². The summed E-state index contributed by atoms with van der Waals surface area (Å²) in [4.78, 5) is 10.2. The third-order valence-corrected chi connectivity index (χ3v) is 1.32. The molecule has 0 spiro atoms. The van der Waals surface area contributed by atoms with Gasteiger partial charge in [0.15, 0.2) is 0 Å². The Morgan fingerprint density at radius 1 is 1.45 bits per heavy atom. The standard InChI is InChI=1S/C7H14O4/c1-3-6(9)7(10)4-11-5(2)8/h6-7,9-10H,3-4H2,1-2H3. The molecule has 0 fully saturated rings. The van der Waals surface area contributed by atoms with Crippen molar-refractivity contribution in [3.63, 3.8) is 0 Å². The molecular formula is C7H14O4. The van der Waals surface area contributed by atoms with E-state index in [2.05, 4.69) is 4.74 Å². The molecule has 2 unspecified atom stereocenters. The van der Waals surface area contributed by atoms with Crippen LogP contribution in [0.4, 0.5) is 0 Å². The van der Waals surface area contributed by atoms with E-state index in [9.17, 15) is 4.79 Å². The van der Waals surface area contributed by atoms with Gasteiger partial charge in [-0.05, 0) is 6.42 Å². The van der Waals surface area contributed by atoms with Crippen molar-refractivity contribution in [3.8, 4) is 0 Å². The molecule has 2 N–H and O–H groups in total. The topological polar surface area (TPSA) is 66.8 Å². The van der Waals surface area contributed by atoms with Crippen LogP contribution in [0.3, 0.4) is 0 Å². The summed E-state index contributed by atoms with van der Waals surface area (Å²) < 4.78 is 4.48. The van der Waals surface area contributed by atoms with E-state index in [0.717, 1.165) is 0 Å². The van der Waals surface area contributed by atoms with Crippen LogP contribution in [0, 0.1) is 0 Å². The average Bonchev–Trinajstić information content (AvgIpc) is 1.98. The Balaban J connectivity index is 3.51. The summed E-state index contributed by atoms with van der Waals surface area (Å²) in [6.45, 7) is 2.86. The molecule has 66 valence electrons. The van der Waals surface area contributed by atoms with Crippen LogP contribution in [0.1, 0.15) is 20.3 Å². The highest BCUT2D eigenvalue weighted by molar-refractivity contribution is 5.65. The maximum Gasteiger partial charge on any atom is 0.302 e. The Hall–Kier alpha value is -0.610. The Labute approximate surface area is 65.8 Å². The molecule has 0 heterocycles. The number of aliphatic hydroxyl groups is 2. The summed E-state index contributed by atoms with van der Waals surface area (Å²) in [6, 6.07) is 0. The highest BCUT2D eigenvalue weighted by atomic mass is 16.5. The number of ether oxygens (including phenoxy) is 1. The fraction of sp³-hybridized carbons (Fsp3) is 0.857. The predicted molar refractivity (Wildman–Crippen MR) is 38.9 cm³/mol. The fourth-order valence-corrected chi connectivity index (χ4v) is 0.586. The van der Waals surface area contributed by atoms with Crippen molar-refractivity contribution in [2.75, 3.05) is 6.61 Å². The van der Waals surface area contributed by atoms with E-state index in [1.54, 1.807) is 6.92 Å². The minimum absolute atomic E-state index is 0.135. The summed E-state index contributed by atoms with van der Waals surface area (Å²) in [5, 5.41) is 18.0. The lowest BCUT2D eigenvalue weighted by Crippen LogP contribution is -2.30. The molecule has 11 heavy (non-hydrogen) atoms. The molecule has 4 heteroatoms. The van der Waals surface area contributed by atoms with E-state index >= 15 is 0 Å². The highest BCUT2D eigenvalue weighted by Crippen LogP contribution is 1.98. The van der Waals surface area contributed by atoms with Gasteiger partial charge in [0.2, 0.25) is 0 Å². The van der Waals surface area contributed by atoms with Crippen molar-refractivity contribution in [2.24, 2.45) is 0 Å². The number of rotatable bonds is 4. The Bertz CT molecular complexity index is 124. The van der Waals surface area contributed by atoms with Crippen LogP contribution in [-0.2, 0) is 9.53 Å². The number of aliphatic hydroxyl groups excluding tert-OH is 2. The molecule has 0 rings (SSSR count). The van der Waals surface area contributed by atoms with Crippen molar-refractivity contribution in [3.05, 3.63) is 0 Å². The third kappa shape index (κ3) is 4.75. The largest absolute Gasteiger partial charge is 0.463 e. The molecule has 0 saturated heterocycles. The number of carbonyl (C=O) groups is 1. The first kappa shape index (κ1) is 10.4. The first-order chi connectivity index (χ1) is 5.07. The van der Waals surface area contributed by atoms with Crippen molar-refractivity contribution >= 4 is 5.97 Å². The van der Waals surface area contributed by atoms with Crippen LogP contribution in [0.5, 0.6) is 0 Å². The van der Waals surface area contributed by atoms with E-state index in [0.29, 0.717) is 6.42 Å². The van der Waals surface area contributed by atoms with E-state index in [1.165, 1.54) is 6.92 Å². The fourth-order valence-electron chi connectivity index (χ4n) is 0.586. The van der Waals surface area contributed by atoms with Gasteiger partial charge in [-0.3, -0.25) is 4.79 Å². The van der Waals surface area contributed by atoms with E-state index < -0.39 is 18.2 Å². The van der Waals surface area contributed by atoms with Gasteiger partial charge in [0.1, 0.15) is 12.7 Å². The zero-order valence-electron chi connectivity index (χ0n) is 6.78. The van der Waals surface area contributed by atoms with Gasteiger partial charge >= 0.3 is 5.97 Å².